The number of amidine groups is 1. The van der Waals surface area contributed by atoms with E-state index in [0.717, 1.165) is 36.9 Å². The Morgan fingerprint density at radius 3 is 2.82 bits per heavy atom. The number of hydrogen-bond donors (Lipinski definition) is 1. The van der Waals surface area contributed by atoms with Crippen molar-refractivity contribution in [3.63, 3.8) is 0 Å². The lowest BCUT2D eigenvalue weighted by atomic mass is 10.1. The van der Waals surface area contributed by atoms with Gasteiger partial charge in [0.1, 0.15) is 11.7 Å². The largest absolute Gasteiger partial charge is 0.349 e. The molecule has 92 valence electrons. The minimum absolute atomic E-state index is 0.251. The van der Waals surface area contributed by atoms with Crippen molar-refractivity contribution in [3.05, 3.63) is 35.1 Å². The molecule has 0 fully saturated rings. The van der Waals surface area contributed by atoms with E-state index in [1.165, 1.54) is 12.1 Å². The number of nitrogens with one attached hydrogen (secondary N) is 1. The summed E-state index contributed by atoms with van der Waals surface area (Å²) >= 11 is 0. The topological polar surface area (TPSA) is 27.1 Å². The van der Waals surface area contributed by atoms with E-state index in [-0.39, 0.29) is 5.82 Å². The van der Waals surface area contributed by atoms with Crippen LogP contribution >= 0.6 is 0 Å². The molecule has 0 saturated heterocycles. The smallest absolute Gasteiger partial charge is 0.129 e. The average Bonchev–Trinajstić information content (AvgIpc) is 2.64. The van der Waals surface area contributed by atoms with Gasteiger partial charge in [0.05, 0.1) is 0 Å². The Labute approximate surface area is 102 Å². The van der Waals surface area contributed by atoms with Crippen molar-refractivity contribution in [3.8, 4) is 0 Å². The summed E-state index contributed by atoms with van der Waals surface area (Å²) in [7, 11) is 0. The Kier molecular flexibility index (Phi) is 3.46. The molecule has 1 N–H and O–H groups in total. The van der Waals surface area contributed by atoms with E-state index in [1.807, 2.05) is 0 Å². The van der Waals surface area contributed by atoms with Crippen molar-refractivity contribution in [1.29, 1.82) is 5.41 Å². The summed E-state index contributed by atoms with van der Waals surface area (Å²) in [6.07, 6.45) is 3.25. The van der Waals surface area contributed by atoms with Gasteiger partial charge in [-0.2, -0.15) is 0 Å². The van der Waals surface area contributed by atoms with Gasteiger partial charge in [0.2, 0.25) is 0 Å². The number of rotatable bonds is 4. The van der Waals surface area contributed by atoms with Crippen LogP contribution in [-0.2, 0) is 6.54 Å². The molecule has 1 aromatic carbocycles. The first-order valence-corrected chi connectivity index (χ1v) is 6.31. The summed E-state index contributed by atoms with van der Waals surface area (Å²) in [5.41, 5.74) is 1.84. The van der Waals surface area contributed by atoms with Crippen molar-refractivity contribution in [2.45, 2.75) is 45.7 Å². The van der Waals surface area contributed by atoms with Gasteiger partial charge < -0.3 is 4.90 Å². The molecule has 17 heavy (non-hydrogen) atoms. The molecular formula is C14H19FN2. The van der Waals surface area contributed by atoms with Crippen LogP contribution in [0.25, 0.3) is 0 Å². The zero-order valence-electron chi connectivity index (χ0n) is 10.5. The molecule has 1 aliphatic heterocycles. The van der Waals surface area contributed by atoms with Crippen LogP contribution in [0.4, 0.5) is 4.39 Å². The molecular weight excluding hydrogens is 215 g/mol. The first-order chi connectivity index (χ1) is 8.17. The Hall–Kier alpha value is -1.38. The fourth-order valence-electron chi connectivity index (χ4n) is 2.55. The van der Waals surface area contributed by atoms with E-state index >= 15 is 0 Å². The highest BCUT2D eigenvalue weighted by atomic mass is 19.1. The zero-order valence-corrected chi connectivity index (χ0v) is 10.5. The van der Waals surface area contributed by atoms with Crippen LogP contribution in [0.3, 0.4) is 0 Å². The van der Waals surface area contributed by atoms with Gasteiger partial charge in [0.25, 0.3) is 0 Å². The van der Waals surface area contributed by atoms with Crippen LogP contribution in [-0.4, -0.2) is 16.8 Å². The van der Waals surface area contributed by atoms with Crippen LogP contribution in [0, 0.1) is 11.2 Å². The Bertz CT molecular complexity index is 428. The van der Waals surface area contributed by atoms with Gasteiger partial charge in [0.15, 0.2) is 0 Å². The number of fused-ring (bicyclic) bond motifs is 1. The fourth-order valence-corrected chi connectivity index (χ4v) is 2.55. The van der Waals surface area contributed by atoms with Crippen molar-refractivity contribution >= 4 is 5.84 Å². The summed E-state index contributed by atoms with van der Waals surface area (Å²) in [6.45, 7) is 5.07. The molecule has 1 aromatic rings. The van der Waals surface area contributed by atoms with Gasteiger partial charge >= 0.3 is 0 Å². The minimum atomic E-state index is -0.251. The summed E-state index contributed by atoms with van der Waals surface area (Å²) in [5, 5.41) is 8.16. The van der Waals surface area contributed by atoms with Gasteiger partial charge in [0, 0.05) is 18.2 Å². The van der Waals surface area contributed by atoms with E-state index < -0.39 is 0 Å². The molecule has 1 unspecified atom stereocenters. The summed E-state index contributed by atoms with van der Waals surface area (Å²) in [4.78, 5) is 2.10. The van der Waals surface area contributed by atoms with E-state index in [9.17, 15) is 4.39 Å². The lowest BCUT2D eigenvalue weighted by Crippen LogP contribution is -2.35. The van der Waals surface area contributed by atoms with Crippen LogP contribution in [0.15, 0.2) is 18.2 Å². The average molecular weight is 234 g/mol. The second kappa shape index (κ2) is 4.86. The van der Waals surface area contributed by atoms with Crippen LogP contribution in [0.2, 0.25) is 0 Å². The van der Waals surface area contributed by atoms with Crippen LogP contribution in [0.5, 0.6) is 0 Å². The van der Waals surface area contributed by atoms with Crippen molar-refractivity contribution < 1.29 is 4.39 Å². The summed E-state index contributed by atoms with van der Waals surface area (Å²) in [6, 6.07) is 5.17. The lowest BCUT2D eigenvalue weighted by Gasteiger charge is -2.28. The maximum Gasteiger partial charge on any atom is 0.129 e. The maximum atomic E-state index is 13.2. The summed E-state index contributed by atoms with van der Waals surface area (Å²) < 4.78 is 13.2. The predicted octanol–water partition coefficient (Wildman–Crippen LogP) is 3.55. The quantitative estimate of drug-likeness (QED) is 0.847. The molecule has 1 heterocycles. The van der Waals surface area contributed by atoms with E-state index in [2.05, 4.69) is 18.7 Å². The Morgan fingerprint density at radius 2 is 2.18 bits per heavy atom. The normalized spacial score (nSPS) is 16.2. The first-order valence-electron chi connectivity index (χ1n) is 6.31. The minimum Gasteiger partial charge on any atom is -0.349 e. The van der Waals surface area contributed by atoms with Gasteiger partial charge in [-0.15, -0.1) is 0 Å². The second-order valence-electron chi connectivity index (χ2n) is 4.63. The number of benzene rings is 1. The van der Waals surface area contributed by atoms with E-state index in [4.69, 9.17) is 5.41 Å². The lowest BCUT2D eigenvalue weighted by molar-refractivity contribution is 0.287. The standard InChI is InChI=1S/C14H19FN2/c1-3-5-12(4-2)17-9-10-6-7-11(15)8-13(10)14(17)16/h6-8,12,16H,3-5,9H2,1-2H3. The maximum absolute atomic E-state index is 13.2. The molecule has 0 aromatic heterocycles. The van der Waals surface area contributed by atoms with Gasteiger partial charge in [-0.05, 0) is 30.5 Å². The Balaban J connectivity index is 2.24. The van der Waals surface area contributed by atoms with E-state index in [0.29, 0.717) is 11.9 Å². The highest BCUT2D eigenvalue weighted by Crippen LogP contribution is 2.27. The van der Waals surface area contributed by atoms with Crippen molar-refractivity contribution in [1.82, 2.24) is 4.90 Å². The van der Waals surface area contributed by atoms with E-state index in [1.54, 1.807) is 6.07 Å². The monoisotopic (exact) mass is 234 g/mol. The Morgan fingerprint density at radius 1 is 1.41 bits per heavy atom. The number of halogens is 1. The summed E-state index contributed by atoms with van der Waals surface area (Å²) in [5.74, 6) is 0.235. The molecule has 0 bridgehead atoms. The zero-order chi connectivity index (χ0) is 12.4. The number of nitrogens with zero attached hydrogens (tertiary/aromatic N) is 1. The van der Waals surface area contributed by atoms with Crippen molar-refractivity contribution in [2.24, 2.45) is 0 Å². The predicted molar refractivity (Wildman–Crippen MR) is 67.8 cm³/mol. The molecule has 0 amide bonds. The SMILES string of the molecule is CCCC(CC)N1Cc2ccc(F)cc2C1=N. The molecule has 2 nitrogen and oxygen atoms in total. The van der Waals surface area contributed by atoms with Crippen LogP contribution < -0.4 is 0 Å². The third kappa shape index (κ3) is 2.19. The molecule has 2 rings (SSSR count). The third-order valence-electron chi connectivity index (χ3n) is 3.49. The molecule has 1 aliphatic rings. The molecule has 1 atom stereocenters. The molecule has 0 saturated carbocycles. The first kappa shape index (κ1) is 12.1. The molecule has 0 radical (unpaired) electrons. The van der Waals surface area contributed by atoms with Gasteiger partial charge in [-0.3, -0.25) is 5.41 Å². The third-order valence-corrected chi connectivity index (χ3v) is 3.49. The number of hydrogen-bond acceptors (Lipinski definition) is 1. The molecule has 0 spiro atoms. The molecule has 3 heteroatoms. The van der Waals surface area contributed by atoms with Crippen LogP contribution in [0.1, 0.15) is 44.2 Å². The highest BCUT2D eigenvalue weighted by Gasteiger charge is 2.28. The molecule has 0 aliphatic carbocycles. The van der Waals surface area contributed by atoms with Crippen molar-refractivity contribution in [2.75, 3.05) is 0 Å². The highest BCUT2D eigenvalue weighted by molar-refractivity contribution is 6.00. The van der Waals surface area contributed by atoms with Gasteiger partial charge in [-0.25, -0.2) is 4.39 Å². The van der Waals surface area contributed by atoms with Gasteiger partial charge in [-0.1, -0.05) is 26.3 Å². The second-order valence-corrected chi connectivity index (χ2v) is 4.63. The fraction of sp³-hybridized carbons (Fsp3) is 0.500.